The maximum Gasteiger partial charge on any atom is 0.174 e. The maximum absolute atomic E-state index is 14.2. The van der Waals surface area contributed by atoms with Gasteiger partial charge in [-0.2, -0.15) is 0 Å². The number of rotatable bonds is 4. The van der Waals surface area contributed by atoms with E-state index in [1.54, 1.807) is 6.07 Å². The monoisotopic (exact) mass is 376 g/mol. The van der Waals surface area contributed by atoms with Gasteiger partial charge in [0.2, 0.25) is 0 Å². The molecular weight excluding hydrogens is 355 g/mol. The number of aryl methyl sites for hydroxylation is 2. The molecule has 0 spiro atoms. The van der Waals surface area contributed by atoms with Gasteiger partial charge in [-0.15, -0.1) is 0 Å². The molecule has 3 rings (SSSR count). The van der Waals surface area contributed by atoms with Crippen LogP contribution >= 0.6 is 23.8 Å². The summed E-state index contributed by atoms with van der Waals surface area (Å²) in [6.45, 7) is 6.01. The quantitative estimate of drug-likeness (QED) is 0.657. The molecule has 1 aliphatic carbocycles. The van der Waals surface area contributed by atoms with E-state index in [0.717, 1.165) is 29.7 Å². The highest BCUT2D eigenvalue weighted by molar-refractivity contribution is 7.80. The van der Waals surface area contributed by atoms with Crippen molar-refractivity contribution in [1.29, 1.82) is 0 Å². The summed E-state index contributed by atoms with van der Waals surface area (Å²) < 4.78 is 14.2. The summed E-state index contributed by atoms with van der Waals surface area (Å²) in [5.74, 6) is -0.201. The smallest absolute Gasteiger partial charge is 0.174 e. The molecule has 0 bridgehead atoms. The topological polar surface area (TPSA) is 15.3 Å². The van der Waals surface area contributed by atoms with Crippen LogP contribution in [0, 0.1) is 19.7 Å². The first-order valence-electron chi connectivity index (χ1n) is 8.49. The molecule has 2 nitrogen and oxygen atoms in total. The Morgan fingerprint density at radius 3 is 2.56 bits per heavy atom. The van der Waals surface area contributed by atoms with Crippen LogP contribution in [0.3, 0.4) is 0 Å². The Hall–Kier alpha value is -1.65. The van der Waals surface area contributed by atoms with Gasteiger partial charge in [0.15, 0.2) is 5.11 Å². The number of benzene rings is 2. The molecule has 0 heterocycles. The van der Waals surface area contributed by atoms with Gasteiger partial charge in [0.1, 0.15) is 5.82 Å². The zero-order valence-corrected chi connectivity index (χ0v) is 16.2. The lowest BCUT2D eigenvalue weighted by Gasteiger charge is -2.33. The van der Waals surface area contributed by atoms with Crippen LogP contribution in [0.25, 0.3) is 0 Å². The molecule has 0 amide bonds. The van der Waals surface area contributed by atoms with Crippen LogP contribution in [0.15, 0.2) is 36.4 Å². The minimum absolute atomic E-state index is 0.141. The van der Waals surface area contributed by atoms with E-state index in [4.69, 9.17) is 23.8 Å². The van der Waals surface area contributed by atoms with Crippen molar-refractivity contribution < 1.29 is 4.39 Å². The van der Waals surface area contributed by atoms with Crippen molar-refractivity contribution in [3.8, 4) is 0 Å². The molecule has 0 unspecified atom stereocenters. The highest BCUT2D eigenvalue weighted by Gasteiger charge is 2.35. The Kier molecular flexibility index (Phi) is 5.30. The Morgan fingerprint density at radius 2 is 1.96 bits per heavy atom. The summed E-state index contributed by atoms with van der Waals surface area (Å²) in [6.07, 6.45) is 2.14. The second-order valence-corrected chi connectivity index (χ2v) is 7.50. The number of anilines is 1. The molecule has 1 N–H and O–H groups in total. The largest absolute Gasteiger partial charge is 0.339 e. The lowest BCUT2D eigenvalue weighted by atomic mass is 10.1. The van der Waals surface area contributed by atoms with Crippen LogP contribution in [0.2, 0.25) is 5.02 Å². The first-order chi connectivity index (χ1) is 11.9. The Balaban J connectivity index is 1.87. The average molecular weight is 377 g/mol. The van der Waals surface area contributed by atoms with Crippen LogP contribution < -0.4 is 5.32 Å². The van der Waals surface area contributed by atoms with Gasteiger partial charge >= 0.3 is 0 Å². The Bertz CT molecular complexity index is 781. The normalized spacial score (nSPS) is 14.9. The number of thiocarbonyl (C=S) groups is 1. The molecule has 0 aromatic heterocycles. The van der Waals surface area contributed by atoms with E-state index in [-0.39, 0.29) is 11.9 Å². The molecule has 0 aliphatic heterocycles. The standard InChI is InChI=1S/C20H22ClFN2S/c1-12-10-13(2)19(17(21)11-12)23-20(25)24(15-8-9-15)14(3)16-6-4-5-7-18(16)22/h4-7,10-11,14-15H,8-9H2,1-3H3,(H,23,25)/t14-/m0/s1. The third-order valence-electron chi connectivity index (χ3n) is 4.61. The number of hydrogen-bond donors (Lipinski definition) is 1. The van der Waals surface area contributed by atoms with Gasteiger partial charge in [0.25, 0.3) is 0 Å². The van der Waals surface area contributed by atoms with E-state index in [0.29, 0.717) is 21.7 Å². The van der Waals surface area contributed by atoms with Gasteiger partial charge in [-0.05, 0) is 69.1 Å². The van der Waals surface area contributed by atoms with Gasteiger partial charge in [0, 0.05) is 11.6 Å². The third-order valence-corrected chi connectivity index (χ3v) is 5.22. The molecule has 2 aromatic rings. The molecule has 0 saturated heterocycles. The van der Waals surface area contributed by atoms with Crippen molar-refractivity contribution in [2.24, 2.45) is 0 Å². The fraction of sp³-hybridized carbons (Fsp3) is 0.350. The third kappa shape index (κ3) is 3.96. The lowest BCUT2D eigenvalue weighted by Crippen LogP contribution is -2.39. The van der Waals surface area contributed by atoms with Crippen LogP contribution in [0.1, 0.15) is 42.5 Å². The molecule has 2 aromatic carbocycles. The van der Waals surface area contributed by atoms with Gasteiger partial charge in [-0.25, -0.2) is 4.39 Å². The molecule has 1 atom stereocenters. The predicted molar refractivity (Wildman–Crippen MR) is 107 cm³/mol. The molecular formula is C20H22ClFN2S. The van der Waals surface area contributed by atoms with Crippen molar-refractivity contribution in [3.05, 3.63) is 63.9 Å². The summed E-state index contributed by atoms with van der Waals surface area (Å²) in [4.78, 5) is 2.10. The first kappa shape index (κ1) is 18.2. The molecule has 1 aliphatic rings. The van der Waals surface area contributed by atoms with Gasteiger partial charge < -0.3 is 10.2 Å². The molecule has 25 heavy (non-hydrogen) atoms. The fourth-order valence-corrected chi connectivity index (χ4v) is 4.00. The van der Waals surface area contributed by atoms with Gasteiger partial charge in [-0.3, -0.25) is 0 Å². The van der Waals surface area contributed by atoms with Gasteiger partial charge in [0.05, 0.1) is 16.8 Å². The van der Waals surface area contributed by atoms with Crippen LogP contribution in [-0.2, 0) is 0 Å². The summed E-state index contributed by atoms with van der Waals surface area (Å²) in [7, 11) is 0. The van der Waals surface area contributed by atoms with Crippen molar-refractivity contribution in [2.45, 2.75) is 45.7 Å². The van der Waals surface area contributed by atoms with Crippen molar-refractivity contribution in [3.63, 3.8) is 0 Å². The van der Waals surface area contributed by atoms with E-state index in [9.17, 15) is 4.39 Å². The highest BCUT2D eigenvalue weighted by atomic mass is 35.5. The molecule has 5 heteroatoms. The van der Waals surface area contributed by atoms with Crippen LogP contribution in [0.4, 0.5) is 10.1 Å². The predicted octanol–water partition coefficient (Wildman–Crippen LogP) is 6.02. The second-order valence-electron chi connectivity index (χ2n) is 6.70. The number of nitrogens with one attached hydrogen (secondary N) is 1. The molecule has 132 valence electrons. The number of nitrogens with zero attached hydrogens (tertiary/aromatic N) is 1. The summed E-state index contributed by atoms with van der Waals surface area (Å²) in [5, 5.41) is 4.54. The lowest BCUT2D eigenvalue weighted by molar-refractivity contribution is 0.324. The van der Waals surface area contributed by atoms with Gasteiger partial charge in [-0.1, -0.05) is 35.9 Å². The zero-order valence-electron chi connectivity index (χ0n) is 14.6. The number of hydrogen-bond acceptors (Lipinski definition) is 1. The van der Waals surface area contributed by atoms with E-state index in [1.807, 2.05) is 39.0 Å². The summed E-state index contributed by atoms with van der Waals surface area (Å²) >= 11 is 12.1. The van der Waals surface area contributed by atoms with Crippen molar-refractivity contribution in [2.75, 3.05) is 5.32 Å². The highest BCUT2D eigenvalue weighted by Crippen LogP contribution is 2.36. The van der Waals surface area contributed by atoms with Crippen LogP contribution in [-0.4, -0.2) is 16.1 Å². The van der Waals surface area contributed by atoms with Crippen molar-refractivity contribution in [1.82, 2.24) is 4.90 Å². The fourth-order valence-electron chi connectivity index (χ4n) is 3.22. The summed E-state index contributed by atoms with van der Waals surface area (Å²) in [6, 6.07) is 11.1. The number of halogens is 2. The minimum atomic E-state index is -0.201. The second kappa shape index (κ2) is 7.30. The first-order valence-corrected chi connectivity index (χ1v) is 9.27. The SMILES string of the molecule is Cc1cc(C)c(NC(=S)N(C2CC2)[C@@H](C)c2ccccc2F)c(Cl)c1. The Labute approximate surface area is 159 Å². The van der Waals surface area contributed by atoms with E-state index in [1.165, 1.54) is 6.07 Å². The van der Waals surface area contributed by atoms with E-state index >= 15 is 0 Å². The van der Waals surface area contributed by atoms with E-state index in [2.05, 4.69) is 16.3 Å². The molecule has 1 fully saturated rings. The average Bonchev–Trinajstić information content (AvgIpc) is 3.36. The molecule has 0 radical (unpaired) electrons. The zero-order chi connectivity index (χ0) is 18.1. The van der Waals surface area contributed by atoms with E-state index < -0.39 is 0 Å². The minimum Gasteiger partial charge on any atom is -0.339 e. The van der Waals surface area contributed by atoms with Crippen LogP contribution in [0.5, 0.6) is 0 Å². The Morgan fingerprint density at radius 1 is 1.28 bits per heavy atom. The molecule has 1 saturated carbocycles. The summed E-state index contributed by atoms with van der Waals surface area (Å²) in [5.41, 5.74) is 3.63. The maximum atomic E-state index is 14.2. The van der Waals surface area contributed by atoms with Crippen molar-refractivity contribution >= 4 is 34.6 Å².